The number of hydrogen-bond donors (Lipinski definition) is 1. The molecule has 1 aliphatic rings. The molecule has 0 aliphatic carbocycles. The van der Waals surface area contributed by atoms with Crippen LogP contribution in [0.1, 0.15) is 37.8 Å². The topological polar surface area (TPSA) is 28.2 Å². The van der Waals surface area contributed by atoms with E-state index in [0.29, 0.717) is 6.04 Å². The van der Waals surface area contributed by atoms with E-state index in [1.807, 2.05) is 13.2 Å². The average molecular weight is 247 g/mol. The molecule has 3 nitrogen and oxygen atoms in total. The molecular formula is C15H25N3. The van der Waals surface area contributed by atoms with Gasteiger partial charge < -0.3 is 10.2 Å². The molecule has 0 bridgehead atoms. The number of aromatic nitrogens is 1. The van der Waals surface area contributed by atoms with Gasteiger partial charge >= 0.3 is 0 Å². The maximum Gasteiger partial charge on any atom is 0.131 e. The van der Waals surface area contributed by atoms with E-state index >= 15 is 0 Å². The van der Waals surface area contributed by atoms with Crippen molar-refractivity contribution in [2.24, 2.45) is 5.92 Å². The Morgan fingerprint density at radius 2 is 2.22 bits per heavy atom. The fourth-order valence-electron chi connectivity index (χ4n) is 2.95. The number of nitrogens with one attached hydrogen (secondary N) is 1. The summed E-state index contributed by atoms with van der Waals surface area (Å²) in [6, 6.07) is 2.86. The van der Waals surface area contributed by atoms with Crippen molar-refractivity contribution >= 4 is 5.82 Å². The van der Waals surface area contributed by atoms with Crippen LogP contribution < -0.4 is 10.2 Å². The highest BCUT2D eigenvalue weighted by Gasteiger charge is 2.24. The first kappa shape index (κ1) is 13.3. The molecule has 1 N–H and O–H groups in total. The summed E-state index contributed by atoms with van der Waals surface area (Å²) in [5, 5.41) is 3.17. The molecule has 0 amide bonds. The van der Waals surface area contributed by atoms with Gasteiger partial charge in [0.15, 0.2) is 0 Å². The molecule has 100 valence electrons. The monoisotopic (exact) mass is 247 g/mol. The Balaban J connectivity index is 2.17. The number of anilines is 1. The lowest BCUT2D eigenvalue weighted by Crippen LogP contribution is -2.41. The van der Waals surface area contributed by atoms with Crippen LogP contribution >= 0.6 is 0 Å². The fourth-order valence-corrected chi connectivity index (χ4v) is 2.95. The smallest absolute Gasteiger partial charge is 0.131 e. The molecule has 2 rings (SSSR count). The third-order valence-electron chi connectivity index (χ3n) is 3.90. The lowest BCUT2D eigenvalue weighted by molar-refractivity contribution is 0.375. The summed E-state index contributed by atoms with van der Waals surface area (Å²) in [5.74, 6) is 2.02. The standard InChI is InChI=1S/C15H25N3/c1-11-5-6-18(13(3)7-11)15-12(2)8-14(9-16-4)10-17-15/h8,10-11,13,16H,5-7,9H2,1-4H3. The summed E-state index contributed by atoms with van der Waals surface area (Å²) in [7, 11) is 1.97. The lowest BCUT2D eigenvalue weighted by atomic mass is 9.93. The molecule has 2 heterocycles. The van der Waals surface area contributed by atoms with Crippen LogP contribution in [0.15, 0.2) is 12.3 Å². The molecule has 0 radical (unpaired) electrons. The van der Waals surface area contributed by atoms with E-state index in [0.717, 1.165) is 19.0 Å². The fraction of sp³-hybridized carbons (Fsp3) is 0.667. The van der Waals surface area contributed by atoms with Gasteiger partial charge in [-0.3, -0.25) is 0 Å². The van der Waals surface area contributed by atoms with E-state index in [-0.39, 0.29) is 0 Å². The summed E-state index contributed by atoms with van der Waals surface area (Å²) >= 11 is 0. The number of pyridine rings is 1. The second-order valence-corrected chi connectivity index (χ2v) is 5.69. The van der Waals surface area contributed by atoms with Gasteiger partial charge in [-0.2, -0.15) is 0 Å². The van der Waals surface area contributed by atoms with Gasteiger partial charge in [-0.15, -0.1) is 0 Å². The SMILES string of the molecule is CNCc1cnc(N2CCC(C)CC2C)c(C)c1. The van der Waals surface area contributed by atoms with E-state index in [9.17, 15) is 0 Å². The highest BCUT2D eigenvalue weighted by atomic mass is 15.2. The zero-order chi connectivity index (χ0) is 13.1. The molecule has 18 heavy (non-hydrogen) atoms. The van der Waals surface area contributed by atoms with Gasteiger partial charge in [0.25, 0.3) is 0 Å². The predicted molar refractivity (Wildman–Crippen MR) is 76.9 cm³/mol. The van der Waals surface area contributed by atoms with E-state index < -0.39 is 0 Å². The number of piperidine rings is 1. The number of nitrogens with zero attached hydrogens (tertiary/aromatic N) is 2. The Morgan fingerprint density at radius 1 is 1.44 bits per heavy atom. The normalized spacial score (nSPS) is 24.3. The molecule has 1 aliphatic heterocycles. The van der Waals surface area contributed by atoms with Gasteiger partial charge in [0.1, 0.15) is 5.82 Å². The Kier molecular flexibility index (Phi) is 4.23. The summed E-state index contributed by atoms with van der Waals surface area (Å²) in [4.78, 5) is 7.15. The van der Waals surface area contributed by atoms with Gasteiger partial charge in [0, 0.05) is 25.3 Å². The van der Waals surface area contributed by atoms with Gasteiger partial charge in [0.05, 0.1) is 0 Å². The molecule has 1 aromatic rings. The molecule has 0 aromatic carbocycles. The number of aryl methyl sites for hydroxylation is 1. The van der Waals surface area contributed by atoms with E-state index in [1.165, 1.54) is 29.8 Å². The van der Waals surface area contributed by atoms with E-state index in [1.54, 1.807) is 0 Å². The third-order valence-corrected chi connectivity index (χ3v) is 3.90. The molecule has 3 heteroatoms. The van der Waals surface area contributed by atoms with Crippen molar-refractivity contribution < 1.29 is 0 Å². The van der Waals surface area contributed by atoms with Crippen molar-refractivity contribution in [1.29, 1.82) is 0 Å². The zero-order valence-electron chi connectivity index (χ0n) is 12.0. The van der Waals surface area contributed by atoms with Crippen LogP contribution in [-0.2, 0) is 6.54 Å². The Labute approximate surface area is 111 Å². The van der Waals surface area contributed by atoms with Crippen molar-refractivity contribution in [3.05, 3.63) is 23.4 Å². The predicted octanol–water partition coefficient (Wildman–Crippen LogP) is 2.73. The second-order valence-electron chi connectivity index (χ2n) is 5.69. The Bertz CT molecular complexity index is 403. The molecule has 0 spiro atoms. The van der Waals surface area contributed by atoms with Gasteiger partial charge in [0.2, 0.25) is 0 Å². The van der Waals surface area contributed by atoms with Crippen molar-refractivity contribution in [3.63, 3.8) is 0 Å². The highest BCUT2D eigenvalue weighted by Crippen LogP contribution is 2.28. The van der Waals surface area contributed by atoms with Crippen molar-refractivity contribution in [3.8, 4) is 0 Å². The van der Waals surface area contributed by atoms with Crippen molar-refractivity contribution in [1.82, 2.24) is 10.3 Å². The minimum Gasteiger partial charge on any atom is -0.354 e. The van der Waals surface area contributed by atoms with E-state index in [4.69, 9.17) is 0 Å². The Morgan fingerprint density at radius 3 is 2.83 bits per heavy atom. The highest BCUT2D eigenvalue weighted by molar-refractivity contribution is 5.48. The van der Waals surface area contributed by atoms with E-state index in [2.05, 4.69) is 42.0 Å². The van der Waals surface area contributed by atoms with Crippen LogP contribution in [0.25, 0.3) is 0 Å². The molecule has 0 saturated carbocycles. The minimum atomic E-state index is 0.607. The minimum absolute atomic E-state index is 0.607. The van der Waals surface area contributed by atoms with Crippen molar-refractivity contribution in [2.75, 3.05) is 18.5 Å². The quantitative estimate of drug-likeness (QED) is 0.890. The Hall–Kier alpha value is -1.09. The first-order valence-corrected chi connectivity index (χ1v) is 6.98. The first-order chi connectivity index (χ1) is 8.61. The summed E-state index contributed by atoms with van der Waals surface area (Å²) in [6.07, 6.45) is 4.56. The van der Waals surface area contributed by atoms with Crippen LogP contribution in [0.2, 0.25) is 0 Å². The third kappa shape index (κ3) is 2.83. The molecule has 2 atom stereocenters. The van der Waals surface area contributed by atoms with Crippen molar-refractivity contribution in [2.45, 2.75) is 46.2 Å². The maximum atomic E-state index is 4.68. The molecule has 1 saturated heterocycles. The van der Waals surface area contributed by atoms with Crippen LogP contribution in [-0.4, -0.2) is 24.6 Å². The molecule has 2 unspecified atom stereocenters. The summed E-state index contributed by atoms with van der Waals surface area (Å²) in [5.41, 5.74) is 2.56. The van der Waals surface area contributed by atoms with Gasteiger partial charge in [-0.1, -0.05) is 6.92 Å². The largest absolute Gasteiger partial charge is 0.354 e. The second kappa shape index (κ2) is 5.70. The molecular weight excluding hydrogens is 222 g/mol. The zero-order valence-corrected chi connectivity index (χ0v) is 12.0. The lowest BCUT2D eigenvalue weighted by Gasteiger charge is -2.38. The molecule has 1 fully saturated rings. The summed E-state index contributed by atoms with van der Waals surface area (Å²) < 4.78 is 0. The maximum absolute atomic E-state index is 4.68. The first-order valence-electron chi connectivity index (χ1n) is 6.98. The average Bonchev–Trinajstić information content (AvgIpc) is 2.31. The van der Waals surface area contributed by atoms with Crippen LogP contribution in [0, 0.1) is 12.8 Å². The van der Waals surface area contributed by atoms with Gasteiger partial charge in [-0.05, 0) is 56.8 Å². The van der Waals surface area contributed by atoms with Crippen LogP contribution in [0.3, 0.4) is 0 Å². The number of hydrogen-bond acceptors (Lipinski definition) is 3. The van der Waals surface area contributed by atoms with Crippen LogP contribution in [0.5, 0.6) is 0 Å². The van der Waals surface area contributed by atoms with Gasteiger partial charge in [-0.25, -0.2) is 4.98 Å². The summed E-state index contributed by atoms with van der Waals surface area (Å²) in [6.45, 7) is 8.87. The molecule has 1 aromatic heterocycles. The number of rotatable bonds is 3. The van der Waals surface area contributed by atoms with Crippen LogP contribution in [0.4, 0.5) is 5.82 Å².